The highest BCUT2D eigenvalue weighted by Gasteiger charge is 2.25. The number of nitrogens with zero attached hydrogens (tertiary/aromatic N) is 2. The van der Waals surface area contributed by atoms with Crippen molar-refractivity contribution in [3.8, 4) is 5.75 Å². The molecule has 1 aromatic heterocycles. The first kappa shape index (κ1) is 20.5. The summed E-state index contributed by atoms with van der Waals surface area (Å²) in [4.78, 5) is 20.9. The van der Waals surface area contributed by atoms with Crippen molar-refractivity contribution < 1.29 is 9.53 Å². The Labute approximate surface area is 178 Å². The number of methoxy groups -OCH3 is 1. The molecule has 0 aliphatic carbocycles. The maximum atomic E-state index is 13.1. The smallest absolute Gasteiger partial charge is 0.270 e. The van der Waals surface area contributed by atoms with E-state index in [-0.39, 0.29) is 5.91 Å². The number of benzene rings is 2. The summed E-state index contributed by atoms with van der Waals surface area (Å²) in [5.41, 5.74) is 2.92. The van der Waals surface area contributed by atoms with Gasteiger partial charge in [-0.1, -0.05) is 36.4 Å². The minimum Gasteiger partial charge on any atom is -0.496 e. The Bertz CT molecular complexity index is 964. The Kier molecular flexibility index (Phi) is 6.38. The number of fused-ring (bicyclic) bond motifs is 1. The number of aromatic amines is 1. The number of aromatic nitrogens is 1. The van der Waals surface area contributed by atoms with E-state index in [0.717, 1.165) is 55.8 Å². The largest absolute Gasteiger partial charge is 0.496 e. The molecule has 0 saturated carbocycles. The number of nitrogens with one attached hydrogen (secondary N) is 1. The van der Waals surface area contributed by atoms with Crippen LogP contribution in [0.4, 0.5) is 0 Å². The second-order valence-corrected chi connectivity index (χ2v) is 8.17. The van der Waals surface area contributed by atoms with Gasteiger partial charge in [0, 0.05) is 42.6 Å². The third-order valence-electron chi connectivity index (χ3n) is 6.10. The van der Waals surface area contributed by atoms with Crippen LogP contribution < -0.4 is 4.74 Å². The Balaban J connectivity index is 1.41. The first-order chi connectivity index (χ1) is 14.7. The highest BCUT2D eigenvalue weighted by molar-refractivity contribution is 5.98. The molecule has 1 amide bonds. The van der Waals surface area contributed by atoms with E-state index < -0.39 is 0 Å². The van der Waals surface area contributed by atoms with Crippen molar-refractivity contribution in [1.82, 2.24) is 14.8 Å². The van der Waals surface area contributed by atoms with Crippen LogP contribution in [0, 0.1) is 5.92 Å². The summed E-state index contributed by atoms with van der Waals surface area (Å²) in [6, 6.07) is 18.2. The van der Waals surface area contributed by atoms with Gasteiger partial charge in [0.2, 0.25) is 0 Å². The summed E-state index contributed by atoms with van der Waals surface area (Å²) in [5.74, 6) is 1.53. The highest BCUT2D eigenvalue weighted by Crippen LogP contribution is 2.24. The van der Waals surface area contributed by atoms with Crippen molar-refractivity contribution >= 4 is 16.8 Å². The van der Waals surface area contributed by atoms with Crippen LogP contribution in [0.2, 0.25) is 0 Å². The van der Waals surface area contributed by atoms with E-state index in [1.165, 1.54) is 12.0 Å². The number of ether oxygens (including phenoxy) is 1. The fraction of sp³-hybridized carbons (Fsp3) is 0.400. The second kappa shape index (κ2) is 9.35. The quantitative estimate of drug-likeness (QED) is 0.627. The zero-order valence-electron chi connectivity index (χ0n) is 17.9. The van der Waals surface area contributed by atoms with Gasteiger partial charge in [0.05, 0.1) is 7.11 Å². The van der Waals surface area contributed by atoms with E-state index in [1.807, 2.05) is 47.4 Å². The van der Waals surface area contributed by atoms with Crippen LogP contribution in [-0.4, -0.2) is 54.0 Å². The fourth-order valence-electron chi connectivity index (χ4n) is 4.54. The standard InChI is InChI=1S/C25H31N3O2/c1-3-28(25(29)23-15-20-10-4-6-12-22(20)26-23)17-19-9-8-14-27(16-19)18-21-11-5-7-13-24(21)30-2/h4-7,10-13,15,19,26H,3,8-9,14,16-18H2,1-2H3. The van der Waals surface area contributed by atoms with Gasteiger partial charge in [-0.2, -0.15) is 0 Å². The molecule has 1 saturated heterocycles. The normalized spacial score (nSPS) is 17.2. The second-order valence-electron chi connectivity index (χ2n) is 8.17. The first-order valence-electron chi connectivity index (χ1n) is 10.9. The number of hydrogen-bond acceptors (Lipinski definition) is 3. The van der Waals surface area contributed by atoms with E-state index in [1.54, 1.807) is 7.11 Å². The number of amides is 1. The molecule has 5 heteroatoms. The molecule has 1 aliphatic rings. The Hall–Kier alpha value is -2.79. The van der Waals surface area contributed by atoms with Crippen LogP contribution in [0.5, 0.6) is 5.75 Å². The molecule has 30 heavy (non-hydrogen) atoms. The van der Waals surface area contributed by atoms with E-state index in [0.29, 0.717) is 11.6 Å². The predicted octanol–water partition coefficient (Wildman–Crippen LogP) is 4.55. The molecular weight excluding hydrogens is 374 g/mol. The highest BCUT2D eigenvalue weighted by atomic mass is 16.5. The van der Waals surface area contributed by atoms with E-state index in [4.69, 9.17) is 4.74 Å². The van der Waals surface area contributed by atoms with Gasteiger partial charge in [-0.05, 0) is 50.4 Å². The molecule has 1 fully saturated rings. The minimum atomic E-state index is 0.0931. The minimum absolute atomic E-state index is 0.0931. The van der Waals surface area contributed by atoms with Gasteiger partial charge in [0.25, 0.3) is 5.91 Å². The predicted molar refractivity (Wildman–Crippen MR) is 121 cm³/mol. The van der Waals surface area contributed by atoms with Crippen molar-refractivity contribution in [2.75, 3.05) is 33.3 Å². The number of H-pyrrole nitrogens is 1. The molecule has 1 aliphatic heterocycles. The lowest BCUT2D eigenvalue weighted by Crippen LogP contribution is -2.42. The van der Waals surface area contributed by atoms with Crippen LogP contribution >= 0.6 is 0 Å². The number of rotatable bonds is 7. The molecular formula is C25H31N3O2. The van der Waals surface area contributed by atoms with Crippen molar-refractivity contribution in [1.29, 1.82) is 0 Å². The summed E-state index contributed by atoms with van der Waals surface area (Å²) in [5, 5.41) is 1.08. The first-order valence-corrected chi connectivity index (χ1v) is 10.9. The average molecular weight is 406 g/mol. The van der Waals surface area contributed by atoms with Crippen molar-refractivity contribution in [3.05, 3.63) is 65.9 Å². The number of carbonyl (C=O) groups excluding carboxylic acids is 1. The third-order valence-corrected chi connectivity index (χ3v) is 6.10. The summed E-state index contributed by atoms with van der Waals surface area (Å²) in [7, 11) is 1.73. The molecule has 1 atom stereocenters. The monoisotopic (exact) mass is 405 g/mol. The summed E-state index contributed by atoms with van der Waals surface area (Å²) < 4.78 is 5.52. The molecule has 0 spiro atoms. The number of hydrogen-bond donors (Lipinski definition) is 1. The number of carbonyl (C=O) groups is 1. The summed E-state index contributed by atoms with van der Waals surface area (Å²) in [6.07, 6.45) is 2.33. The summed E-state index contributed by atoms with van der Waals surface area (Å²) in [6.45, 7) is 6.58. The van der Waals surface area contributed by atoms with Crippen molar-refractivity contribution in [3.63, 3.8) is 0 Å². The molecule has 4 rings (SSSR count). The average Bonchev–Trinajstić information content (AvgIpc) is 3.22. The number of likely N-dealkylation sites (tertiary alicyclic amines) is 1. The van der Waals surface area contributed by atoms with Gasteiger partial charge in [-0.25, -0.2) is 0 Å². The molecule has 0 bridgehead atoms. The molecule has 1 N–H and O–H groups in total. The molecule has 2 heterocycles. The van der Waals surface area contributed by atoms with Gasteiger partial charge >= 0.3 is 0 Å². The molecule has 5 nitrogen and oxygen atoms in total. The number of para-hydroxylation sites is 2. The van der Waals surface area contributed by atoms with E-state index >= 15 is 0 Å². The van der Waals surface area contributed by atoms with Gasteiger partial charge < -0.3 is 14.6 Å². The topological polar surface area (TPSA) is 48.6 Å². The lowest BCUT2D eigenvalue weighted by molar-refractivity contribution is 0.0680. The van der Waals surface area contributed by atoms with Crippen LogP contribution in [0.3, 0.4) is 0 Å². The Morgan fingerprint density at radius 2 is 2.00 bits per heavy atom. The maximum absolute atomic E-state index is 13.1. The Morgan fingerprint density at radius 1 is 1.20 bits per heavy atom. The van der Waals surface area contributed by atoms with Gasteiger partial charge in [0.1, 0.15) is 11.4 Å². The SMILES string of the molecule is CCN(CC1CCCN(Cc2ccccc2OC)C1)C(=O)c1cc2ccccc2[nH]1. The van der Waals surface area contributed by atoms with Crippen molar-refractivity contribution in [2.45, 2.75) is 26.3 Å². The third kappa shape index (κ3) is 4.51. The van der Waals surface area contributed by atoms with Gasteiger partial charge in [-0.15, -0.1) is 0 Å². The lowest BCUT2D eigenvalue weighted by Gasteiger charge is -2.35. The fourth-order valence-corrected chi connectivity index (χ4v) is 4.54. The van der Waals surface area contributed by atoms with Crippen LogP contribution in [-0.2, 0) is 6.54 Å². The molecule has 2 aromatic carbocycles. The van der Waals surface area contributed by atoms with Crippen LogP contribution in [0.1, 0.15) is 35.8 Å². The molecule has 3 aromatic rings. The number of piperidine rings is 1. The van der Waals surface area contributed by atoms with Gasteiger partial charge in [0.15, 0.2) is 0 Å². The zero-order valence-corrected chi connectivity index (χ0v) is 17.9. The van der Waals surface area contributed by atoms with E-state index in [2.05, 4.69) is 28.9 Å². The molecule has 1 unspecified atom stereocenters. The zero-order chi connectivity index (χ0) is 20.9. The molecule has 0 radical (unpaired) electrons. The van der Waals surface area contributed by atoms with E-state index in [9.17, 15) is 4.79 Å². The van der Waals surface area contributed by atoms with Crippen LogP contribution in [0.25, 0.3) is 10.9 Å². The molecule has 158 valence electrons. The van der Waals surface area contributed by atoms with Crippen LogP contribution in [0.15, 0.2) is 54.6 Å². The maximum Gasteiger partial charge on any atom is 0.270 e. The lowest BCUT2D eigenvalue weighted by atomic mass is 9.96. The van der Waals surface area contributed by atoms with Crippen molar-refractivity contribution in [2.24, 2.45) is 5.92 Å². The summed E-state index contributed by atoms with van der Waals surface area (Å²) >= 11 is 0. The van der Waals surface area contributed by atoms with Gasteiger partial charge in [-0.3, -0.25) is 9.69 Å². The Morgan fingerprint density at radius 3 is 2.80 bits per heavy atom.